The summed E-state index contributed by atoms with van der Waals surface area (Å²) < 4.78 is 48.1. The third-order valence-electron chi connectivity index (χ3n) is 5.13. The van der Waals surface area contributed by atoms with Gasteiger partial charge in [-0.3, -0.25) is 0 Å². The third kappa shape index (κ3) is 3.02. The number of aromatic nitrogens is 3. The Labute approximate surface area is 166 Å². The van der Waals surface area contributed by atoms with E-state index in [0.29, 0.717) is 30.2 Å². The summed E-state index contributed by atoms with van der Waals surface area (Å²) in [6.45, 7) is 0.629. The third-order valence-corrected chi connectivity index (χ3v) is 7.01. The summed E-state index contributed by atoms with van der Waals surface area (Å²) in [7, 11) is -3.71. The largest absolute Gasteiger partial charge is 0.461 e. The highest BCUT2D eigenvalue weighted by molar-refractivity contribution is 7.89. The summed E-state index contributed by atoms with van der Waals surface area (Å²) >= 11 is 0. The Morgan fingerprint density at radius 1 is 1.10 bits per heavy atom. The quantitative estimate of drug-likeness (QED) is 0.513. The predicted molar refractivity (Wildman–Crippen MR) is 104 cm³/mol. The smallest absolute Gasteiger partial charge is 0.243 e. The number of hydrogen-bond acceptors (Lipinski definition) is 5. The lowest BCUT2D eigenvalue weighted by atomic mass is 10.2. The van der Waals surface area contributed by atoms with Crippen LogP contribution in [0.25, 0.3) is 22.7 Å². The molecule has 0 radical (unpaired) electrons. The summed E-state index contributed by atoms with van der Waals surface area (Å²) in [6, 6.07) is 12.0. The molecule has 0 bridgehead atoms. The molecule has 0 N–H and O–H groups in total. The van der Waals surface area contributed by atoms with E-state index < -0.39 is 15.8 Å². The number of pyridine rings is 1. The van der Waals surface area contributed by atoms with E-state index in [1.54, 1.807) is 18.5 Å². The van der Waals surface area contributed by atoms with Gasteiger partial charge < -0.3 is 8.98 Å². The molecule has 1 aliphatic heterocycles. The number of rotatable bonds is 4. The first-order valence-electron chi connectivity index (χ1n) is 9.16. The molecule has 148 valence electrons. The van der Waals surface area contributed by atoms with Gasteiger partial charge in [-0.05, 0) is 55.0 Å². The topological polar surface area (TPSA) is 81.2 Å². The number of hydrogen-bond donors (Lipinski definition) is 0. The van der Waals surface area contributed by atoms with Gasteiger partial charge in [0.15, 0.2) is 17.2 Å². The Hall–Kier alpha value is -3.04. The molecule has 4 aromatic rings. The van der Waals surface area contributed by atoms with E-state index in [0.717, 1.165) is 17.6 Å². The first kappa shape index (κ1) is 18.0. The molecule has 0 saturated carbocycles. The van der Waals surface area contributed by atoms with Crippen molar-refractivity contribution in [2.24, 2.45) is 0 Å². The summed E-state index contributed by atoms with van der Waals surface area (Å²) in [6.07, 6.45) is 3.87. The predicted octanol–water partition coefficient (Wildman–Crippen LogP) is 3.47. The van der Waals surface area contributed by atoms with Crippen LogP contribution >= 0.6 is 0 Å². The van der Waals surface area contributed by atoms with Gasteiger partial charge in [0.1, 0.15) is 11.3 Å². The first-order chi connectivity index (χ1) is 14.0. The Kier molecular flexibility index (Phi) is 4.21. The van der Waals surface area contributed by atoms with Crippen LogP contribution in [-0.4, -0.2) is 40.3 Å². The number of sulfonamides is 1. The average molecular weight is 412 g/mol. The normalized spacial score (nSPS) is 17.9. The number of halogens is 1. The van der Waals surface area contributed by atoms with Gasteiger partial charge in [-0.2, -0.15) is 4.31 Å². The van der Waals surface area contributed by atoms with Crippen molar-refractivity contribution in [1.82, 2.24) is 18.8 Å². The monoisotopic (exact) mass is 412 g/mol. The molecule has 0 aliphatic carbocycles. The molecule has 0 spiro atoms. The van der Waals surface area contributed by atoms with Crippen molar-refractivity contribution < 1.29 is 17.2 Å². The van der Waals surface area contributed by atoms with E-state index in [-0.39, 0.29) is 17.5 Å². The number of benzene rings is 1. The van der Waals surface area contributed by atoms with Crippen LogP contribution in [-0.2, 0) is 10.0 Å². The highest BCUT2D eigenvalue weighted by Gasteiger charge is 2.35. The van der Waals surface area contributed by atoms with Gasteiger partial charge in [-0.15, -0.1) is 0 Å². The van der Waals surface area contributed by atoms with Crippen molar-refractivity contribution in [2.45, 2.75) is 17.4 Å². The van der Waals surface area contributed by atoms with E-state index in [1.807, 2.05) is 22.8 Å². The first-order valence-corrected chi connectivity index (χ1v) is 10.6. The van der Waals surface area contributed by atoms with Gasteiger partial charge >= 0.3 is 0 Å². The molecule has 4 heterocycles. The highest BCUT2D eigenvalue weighted by atomic mass is 32.2. The van der Waals surface area contributed by atoms with Crippen molar-refractivity contribution in [1.29, 1.82) is 0 Å². The van der Waals surface area contributed by atoms with Crippen LogP contribution in [0, 0.1) is 5.82 Å². The van der Waals surface area contributed by atoms with Crippen LogP contribution in [0.4, 0.5) is 4.39 Å². The summed E-state index contributed by atoms with van der Waals surface area (Å²) in [5, 5.41) is 0. The molecule has 7 nitrogen and oxygen atoms in total. The molecule has 0 unspecified atom stereocenters. The number of fused-ring (bicyclic) bond motifs is 1. The molecule has 1 aromatic carbocycles. The summed E-state index contributed by atoms with van der Waals surface area (Å²) in [4.78, 5) is 9.20. The number of nitrogens with zero attached hydrogens (tertiary/aromatic N) is 4. The van der Waals surface area contributed by atoms with Crippen LogP contribution in [0.15, 0.2) is 70.3 Å². The van der Waals surface area contributed by atoms with Crippen LogP contribution < -0.4 is 0 Å². The van der Waals surface area contributed by atoms with Crippen LogP contribution in [0.5, 0.6) is 0 Å². The SMILES string of the molecule is O=S(=O)(c1ccc(F)cc1)N1CC[C@@H](n2c(-c3ccco3)nc3cccnc32)C1. The fraction of sp³-hybridized carbons (Fsp3) is 0.200. The molecule has 9 heteroatoms. The molecule has 29 heavy (non-hydrogen) atoms. The summed E-state index contributed by atoms with van der Waals surface area (Å²) in [5.74, 6) is 0.750. The molecule has 5 rings (SSSR count). The van der Waals surface area contributed by atoms with Crippen LogP contribution in [0.3, 0.4) is 0 Å². The number of imidazole rings is 1. The molecular formula is C20H17FN4O3S. The maximum Gasteiger partial charge on any atom is 0.243 e. The molecule has 1 saturated heterocycles. The van der Waals surface area contributed by atoms with Gasteiger partial charge in [0.25, 0.3) is 0 Å². The Bertz CT molecular complexity index is 1270. The minimum Gasteiger partial charge on any atom is -0.461 e. The molecule has 1 atom stereocenters. The van der Waals surface area contributed by atoms with Gasteiger partial charge in [-0.25, -0.2) is 22.8 Å². The summed E-state index contributed by atoms with van der Waals surface area (Å²) in [5.41, 5.74) is 1.41. The molecule has 0 amide bonds. The molecule has 1 aliphatic rings. The fourth-order valence-corrected chi connectivity index (χ4v) is 5.24. The average Bonchev–Trinajstić information content (AvgIpc) is 3.46. The van der Waals surface area contributed by atoms with Gasteiger partial charge in [0.05, 0.1) is 17.2 Å². The number of furan rings is 1. The van der Waals surface area contributed by atoms with Crippen molar-refractivity contribution in [3.63, 3.8) is 0 Å². The standard InChI is InChI=1S/C20H17FN4O3S/c21-14-5-7-16(8-6-14)29(26,27)24-11-9-15(13-24)25-19-17(3-1-10-22-19)23-20(25)18-4-2-12-28-18/h1-8,10,12,15H,9,11,13H2/t15-/m1/s1. The fourth-order valence-electron chi connectivity index (χ4n) is 3.75. The Morgan fingerprint density at radius 3 is 2.69 bits per heavy atom. The van der Waals surface area contributed by atoms with Gasteiger partial charge in [0.2, 0.25) is 10.0 Å². The van der Waals surface area contributed by atoms with Crippen molar-refractivity contribution in [3.05, 3.63) is 66.8 Å². The Morgan fingerprint density at radius 2 is 1.93 bits per heavy atom. The van der Waals surface area contributed by atoms with E-state index in [4.69, 9.17) is 4.42 Å². The minimum absolute atomic E-state index is 0.0828. The van der Waals surface area contributed by atoms with E-state index >= 15 is 0 Å². The minimum atomic E-state index is -3.71. The zero-order valence-electron chi connectivity index (χ0n) is 15.3. The lowest BCUT2D eigenvalue weighted by Gasteiger charge is -2.18. The molecule has 3 aromatic heterocycles. The second kappa shape index (κ2) is 6.78. The van der Waals surface area contributed by atoms with Crippen molar-refractivity contribution in [2.75, 3.05) is 13.1 Å². The molecule has 1 fully saturated rings. The highest BCUT2D eigenvalue weighted by Crippen LogP contribution is 2.34. The zero-order valence-corrected chi connectivity index (χ0v) is 16.1. The van der Waals surface area contributed by atoms with E-state index in [9.17, 15) is 12.8 Å². The van der Waals surface area contributed by atoms with Crippen molar-refractivity contribution >= 4 is 21.2 Å². The van der Waals surface area contributed by atoms with Gasteiger partial charge in [0, 0.05) is 19.3 Å². The van der Waals surface area contributed by atoms with Crippen LogP contribution in [0.2, 0.25) is 0 Å². The van der Waals surface area contributed by atoms with Crippen molar-refractivity contribution in [3.8, 4) is 11.6 Å². The second-order valence-electron chi connectivity index (χ2n) is 6.89. The lowest BCUT2D eigenvalue weighted by Crippen LogP contribution is -2.29. The lowest BCUT2D eigenvalue weighted by molar-refractivity contribution is 0.453. The maximum atomic E-state index is 13.2. The zero-order chi connectivity index (χ0) is 20.0. The maximum absolute atomic E-state index is 13.2. The van der Waals surface area contributed by atoms with Crippen LogP contribution in [0.1, 0.15) is 12.5 Å². The molecular weight excluding hydrogens is 395 g/mol. The van der Waals surface area contributed by atoms with E-state index in [1.165, 1.54) is 16.4 Å². The Balaban J connectivity index is 1.53. The second-order valence-corrected chi connectivity index (χ2v) is 8.83. The van der Waals surface area contributed by atoms with E-state index in [2.05, 4.69) is 9.97 Å². The van der Waals surface area contributed by atoms with Gasteiger partial charge in [-0.1, -0.05) is 0 Å².